The summed E-state index contributed by atoms with van der Waals surface area (Å²) >= 11 is -1.63. The highest BCUT2D eigenvalue weighted by Gasteiger charge is 2.17. The molecule has 5 heteroatoms. The molecule has 1 unspecified atom stereocenters. The molecule has 1 aliphatic rings. The molecular formula is C9H20N2O2S. The average Bonchev–Trinajstić information content (AvgIpc) is 2.18. The van der Waals surface area contributed by atoms with Gasteiger partial charge < -0.3 is 15.2 Å². The van der Waals surface area contributed by atoms with Crippen molar-refractivity contribution in [1.29, 1.82) is 0 Å². The molecule has 0 amide bonds. The van der Waals surface area contributed by atoms with Crippen LogP contribution in [0.2, 0.25) is 0 Å². The Kier molecular flexibility index (Phi) is 5.62. The van der Waals surface area contributed by atoms with Gasteiger partial charge in [-0.2, -0.15) is 0 Å². The lowest BCUT2D eigenvalue weighted by Crippen LogP contribution is -2.36. The summed E-state index contributed by atoms with van der Waals surface area (Å²) in [6, 6.07) is 0. The molecule has 0 radical (unpaired) electrons. The lowest BCUT2D eigenvalue weighted by molar-refractivity contribution is 0.188. The van der Waals surface area contributed by atoms with E-state index in [0.717, 1.165) is 32.6 Å². The topological polar surface area (TPSA) is 66.6 Å². The van der Waals surface area contributed by atoms with Crippen molar-refractivity contribution in [2.24, 2.45) is 11.7 Å². The Balaban J connectivity index is 2.07. The third-order valence-corrected chi connectivity index (χ3v) is 3.47. The molecule has 0 saturated carbocycles. The molecule has 84 valence electrons. The number of nitrogens with zero attached hydrogens (tertiary/aromatic N) is 1. The van der Waals surface area contributed by atoms with Crippen molar-refractivity contribution in [3.05, 3.63) is 0 Å². The van der Waals surface area contributed by atoms with Crippen LogP contribution < -0.4 is 5.73 Å². The summed E-state index contributed by atoms with van der Waals surface area (Å²) in [7, 11) is 0. The van der Waals surface area contributed by atoms with Gasteiger partial charge in [-0.3, -0.25) is 0 Å². The van der Waals surface area contributed by atoms with E-state index in [2.05, 4.69) is 4.90 Å². The predicted octanol–water partition coefficient (Wildman–Crippen LogP) is 0.269. The zero-order valence-corrected chi connectivity index (χ0v) is 9.34. The maximum atomic E-state index is 10.4. The van der Waals surface area contributed by atoms with Crippen molar-refractivity contribution in [3.8, 4) is 0 Å². The molecule has 0 aromatic carbocycles. The zero-order chi connectivity index (χ0) is 10.4. The van der Waals surface area contributed by atoms with E-state index in [1.165, 1.54) is 12.8 Å². The zero-order valence-electron chi connectivity index (χ0n) is 8.52. The van der Waals surface area contributed by atoms with Gasteiger partial charge in [-0.25, -0.2) is 4.21 Å². The van der Waals surface area contributed by atoms with Crippen molar-refractivity contribution >= 4 is 11.1 Å². The highest BCUT2D eigenvalue weighted by Crippen LogP contribution is 2.15. The second-order valence-electron chi connectivity index (χ2n) is 3.90. The largest absolute Gasteiger partial charge is 0.330 e. The van der Waals surface area contributed by atoms with E-state index in [1.807, 2.05) is 0 Å². The van der Waals surface area contributed by atoms with E-state index in [1.54, 1.807) is 0 Å². The maximum Gasteiger partial charge on any atom is 0.152 e. The average molecular weight is 220 g/mol. The first-order valence-electron chi connectivity index (χ1n) is 5.22. The number of likely N-dealkylation sites (tertiary alicyclic amines) is 1. The van der Waals surface area contributed by atoms with Crippen LogP contribution in [0.15, 0.2) is 0 Å². The Morgan fingerprint density at radius 3 is 2.57 bits per heavy atom. The number of rotatable bonds is 5. The van der Waals surface area contributed by atoms with E-state index in [4.69, 9.17) is 10.3 Å². The number of piperidine rings is 1. The maximum absolute atomic E-state index is 10.4. The van der Waals surface area contributed by atoms with Crippen molar-refractivity contribution in [2.45, 2.75) is 19.3 Å². The fourth-order valence-electron chi connectivity index (χ4n) is 1.86. The van der Waals surface area contributed by atoms with Crippen LogP contribution in [0.25, 0.3) is 0 Å². The molecule has 0 aromatic heterocycles. The number of hydrogen-bond acceptors (Lipinski definition) is 3. The van der Waals surface area contributed by atoms with Gasteiger partial charge in [0.15, 0.2) is 11.1 Å². The molecule has 1 fully saturated rings. The molecule has 0 spiro atoms. The Labute approximate surface area is 88.1 Å². The van der Waals surface area contributed by atoms with Crippen LogP contribution >= 0.6 is 0 Å². The summed E-state index contributed by atoms with van der Waals surface area (Å²) in [5.41, 5.74) is 5.60. The predicted molar refractivity (Wildman–Crippen MR) is 58.5 cm³/mol. The molecule has 14 heavy (non-hydrogen) atoms. The summed E-state index contributed by atoms with van der Waals surface area (Å²) in [5, 5.41) is 0. The molecule has 1 saturated heterocycles. The minimum Gasteiger partial charge on any atom is -0.330 e. The van der Waals surface area contributed by atoms with Gasteiger partial charge >= 0.3 is 0 Å². The van der Waals surface area contributed by atoms with Crippen molar-refractivity contribution < 1.29 is 8.76 Å². The van der Waals surface area contributed by atoms with Crippen LogP contribution in [0.1, 0.15) is 19.3 Å². The highest BCUT2D eigenvalue weighted by atomic mass is 32.2. The van der Waals surface area contributed by atoms with Gasteiger partial charge in [0, 0.05) is 0 Å². The molecule has 1 atom stereocenters. The van der Waals surface area contributed by atoms with Crippen LogP contribution in [0.5, 0.6) is 0 Å². The molecule has 0 aromatic rings. The first-order valence-corrected chi connectivity index (χ1v) is 6.50. The minimum absolute atomic E-state index is 0.400. The summed E-state index contributed by atoms with van der Waals surface area (Å²) in [4.78, 5) is 2.36. The van der Waals surface area contributed by atoms with Crippen LogP contribution in [0.3, 0.4) is 0 Å². The molecule has 3 N–H and O–H groups in total. The summed E-state index contributed by atoms with van der Waals surface area (Å²) in [6.45, 7) is 3.94. The molecule has 4 nitrogen and oxygen atoms in total. The third kappa shape index (κ3) is 4.50. The Hall–Kier alpha value is 0.0300. The standard InChI is InChI=1S/C9H20N2O2S/c10-8-9-2-5-11(6-3-9)4-1-7-14(12)13/h9H,1-8,10H2,(H,12,13). The van der Waals surface area contributed by atoms with E-state index >= 15 is 0 Å². The molecule has 1 aliphatic heterocycles. The highest BCUT2D eigenvalue weighted by molar-refractivity contribution is 7.79. The van der Waals surface area contributed by atoms with E-state index in [9.17, 15) is 4.21 Å². The molecular weight excluding hydrogens is 200 g/mol. The molecule has 1 rings (SSSR count). The second kappa shape index (κ2) is 6.50. The van der Waals surface area contributed by atoms with E-state index in [0.29, 0.717) is 11.7 Å². The first kappa shape index (κ1) is 12.1. The van der Waals surface area contributed by atoms with Gasteiger partial charge in [-0.05, 0) is 51.4 Å². The van der Waals surface area contributed by atoms with E-state index < -0.39 is 11.1 Å². The number of hydrogen-bond donors (Lipinski definition) is 2. The monoisotopic (exact) mass is 220 g/mol. The Morgan fingerprint density at radius 2 is 2.07 bits per heavy atom. The normalized spacial score (nSPS) is 22.4. The first-order chi connectivity index (χ1) is 6.72. The second-order valence-corrected chi connectivity index (χ2v) is 4.95. The van der Waals surface area contributed by atoms with Crippen LogP contribution in [0.4, 0.5) is 0 Å². The van der Waals surface area contributed by atoms with Crippen LogP contribution in [-0.2, 0) is 11.1 Å². The molecule has 1 heterocycles. The van der Waals surface area contributed by atoms with Gasteiger partial charge in [0.1, 0.15) is 0 Å². The van der Waals surface area contributed by atoms with Crippen molar-refractivity contribution in [2.75, 3.05) is 31.9 Å². The molecule has 0 bridgehead atoms. The lowest BCUT2D eigenvalue weighted by Gasteiger charge is -2.31. The Morgan fingerprint density at radius 1 is 1.43 bits per heavy atom. The van der Waals surface area contributed by atoms with Crippen molar-refractivity contribution in [1.82, 2.24) is 4.90 Å². The fraction of sp³-hybridized carbons (Fsp3) is 1.00. The van der Waals surface area contributed by atoms with Gasteiger partial charge in [0.25, 0.3) is 0 Å². The van der Waals surface area contributed by atoms with Gasteiger partial charge in [0.05, 0.1) is 5.75 Å². The third-order valence-electron chi connectivity index (χ3n) is 2.83. The van der Waals surface area contributed by atoms with Gasteiger partial charge in [0.2, 0.25) is 0 Å². The fourth-order valence-corrected chi connectivity index (χ4v) is 2.23. The lowest BCUT2D eigenvalue weighted by atomic mass is 9.97. The number of nitrogens with two attached hydrogens (primary N) is 1. The molecule has 0 aliphatic carbocycles. The quantitative estimate of drug-likeness (QED) is 0.653. The van der Waals surface area contributed by atoms with Gasteiger partial charge in [-0.15, -0.1) is 0 Å². The summed E-state index contributed by atoms with van der Waals surface area (Å²) in [6.07, 6.45) is 3.17. The summed E-state index contributed by atoms with van der Waals surface area (Å²) in [5.74, 6) is 1.09. The van der Waals surface area contributed by atoms with Crippen molar-refractivity contribution in [3.63, 3.8) is 0 Å². The van der Waals surface area contributed by atoms with Crippen LogP contribution in [-0.4, -0.2) is 45.6 Å². The minimum atomic E-state index is -1.63. The summed E-state index contributed by atoms with van der Waals surface area (Å²) < 4.78 is 19.0. The smallest absolute Gasteiger partial charge is 0.152 e. The van der Waals surface area contributed by atoms with Crippen LogP contribution in [0, 0.1) is 5.92 Å². The Bertz CT molecular complexity index is 182. The van der Waals surface area contributed by atoms with E-state index in [-0.39, 0.29) is 0 Å². The SMILES string of the molecule is NCC1CCN(CCCS(=O)O)CC1. The van der Waals surface area contributed by atoms with Gasteiger partial charge in [-0.1, -0.05) is 0 Å².